The zero-order valence-electron chi connectivity index (χ0n) is 13.7. The fraction of sp³-hybridized carbons (Fsp3) is 0.222. The third kappa shape index (κ3) is 4.20. The fourth-order valence-electron chi connectivity index (χ4n) is 2.28. The number of benzene rings is 2. The van der Waals surface area contributed by atoms with E-state index in [1.807, 2.05) is 25.1 Å². The number of aryl methyl sites for hydroxylation is 1. The number of rotatable bonds is 5. The molecule has 130 valence electrons. The average molecular weight is 342 g/mol. The van der Waals surface area contributed by atoms with Crippen molar-refractivity contribution in [1.29, 1.82) is 0 Å². The molecule has 0 spiro atoms. The van der Waals surface area contributed by atoms with Gasteiger partial charge in [0, 0.05) is 5.56 Å². The van der Waals surface area contributed by atoms with Crippen molar-refractivity contribution in [2.24, 2.45) is 0 Å². The largest absolute Gasteiger partial charge is 0.484 e. The maximum atomic E-state index is 12.0. The van der Waals surface area contributed by atoms with Crippen molar-refractivity contribution >= 4 is 11.8 Å². The second-order valence-electron chi connectivity index (χ2n) is 5.36. The standard InChI is InChI=1S/C18H18N2O5/c1-2-12-4-3-5-14(8-12)23-10-17(21)19-20-18(22)13-6-7-15-16(9-13)25-11-24-15/h3-9H,2,10-11H2,1H3,(H,19,21)(H,20,22). The minimum absolute atomic E-state index is 0.133. The highest BCUT2D eigenvalue weighted by Crippen LogP contribution is 2.32. The molecule has 25 heavy (non-hydrogen) atoms. The molecule has 0 unspecified atom stereocenters. The molecule has 7 nitrogen and oxygen atoms in total. The van der Waals surface area contributed by atoms with Crippen LogP contribution >= 0.6 is 0 Å². The zero-order chi connectivity index (χ0) is 17.6. The van der Waals surface area contributed by atoms with Gasteiger partial charge in [-0.05, 0) is 42.3 Å². The summed E-state index contributed by atoms with van der Waals surface area (Å²) in [6.45, 7) is 1.97. The van der Waals surface area contributed by atoms with Crippen molar-refractivity contribution in [2.45, 2.75) is 13.3 Å². The maximum absolute atomic E-state index is 12.0. The summed E-state index contributed by atoms with van der Waals surface area (Å²) in [7, 11) is 0. The lowest BCUT2D eigenvalue weighted by Gasteiger charge is -2.09. The van der Waals surface area contributed by atoms with E-state index in [1.165, 1.54) is 0 Å². The van der Waals surface area contributed by atoms with E-state index in [-0.39, 0.29) is 13.4 Å². The Hall–Kier alpha value is -3.22. The van der Waals surface area contributed by atoms with Crippen LogP contribution in [0.3, 0.4) is 0 Å². The first-order valence-electron chi connectivity index (χ1n) is 7.86. The summed E-state index contributed by atoms with van der Waals surface area (Å²) < 4.78 is 15.8. The normalized spacial score (nSPS) is 11.7. The number of carbonyl (C=O) groups excluding carboxylic acids is 2. The highest BCUT2D eigenvalue weighted by Gasteiger charge is 2.16. The molecule has 0 fully saturated rings. The van der Waals surface area contributed by atoms with E-state index >= 15 is 0 Å². The van der Waals surface area contributed by atoms with Gasteiger partial charge < -0.3 is 14.2 Å². The molecule has 0 bridgehead atoms. The van der Waals surface area contributed by atoms with Gasteiger partial charge in [0.05, 0.1) is 0 Å². The minimum atomic E-state index is -0.462. The van der Waals surface area contributed by atoms with Crippen molar-refractivity contribution in [3.8, 4) is 17.2 Å². The summed E-state index contributed by atoms with van der Waals surface area (Å²) in [6, 6.07) is 12.3. The third-order valence-electron chi connectivity index (χ3n) is 3.63. The van der Waals surface area contributed by atoms with Crippen molar-refractivity contribution in [3.05, 3.63) is 53.6 Å². The van der Waals surface area contributed by atoms with Gasteiger partial charge >= 0.3 is 0 Å². The number of hydrazine groups is 1. The number of hydrogen-bond donors (Lipinski definition) is 2. The number of nitrogens with one attached hydrogen (secondary N) is 2. The Morgan fingerprint density at radius 2 is 1.92 bits per heavy atom. The van der Waals surface area contributed by atoms with E-state index in [2.05, 4.69) is 10.9 Å². The highest BCUT2D eigenvalue weighted by molar-refractivity contribution is 5.96. The zero-order valence-corrected chi connectivity index (χ0v) is 13.7. The number of fused-ring (bicyclic) bond motifs is 1. The van der Waals surface area contributed by atoms with Crippen LogP contribution in [-0.2, 0) is 11.2 Å². The predicted octanol–water partition coefficient (Wildman–Crippen LogP) is 1.82. The van der Waals surface area contributed by atoms with Gasteiger partial charge in [-0.3, -0.25) is 20.4 Å². The lowest BCUT2D eigenvalue weighted by Crippen LogP contribution is -2.43. The summed E-state index contributed by atoms with van der Waals surface area (Å²) in [5.74, 6) is 0.772. The van der Waals surface area contributed by atoms with Crippen molar-refractivity contribution in [2.75, 3.05) is 13.4 Å². The molecule has 1 aliphatic rings. The summed E-state index contributed by atoms with van der Waals surface area (Å²) in [4.78, 5) is 23.8. The fourth-order valence-corrected chi connectivity index (χ4v) is 2.28. The molecule has 1 aliphatic heterocycles. The molecule has 2 amide bonds. The first-order valence-corrected chi connectivity index (χ1v) is 7.86. The van der Waals surface area contributed by atoms with Crippen LogP contribution in [0, 0.1) is 0 Å². The number of ether oxygens (including phenoxy) is 3. The van der Waals surface area contributed by atoms with E-state index in [0.717, 1.165) is 12.0 Å². The Morgan fingerprint density at radius 3 is 2.76 bits per heavy atom. The molecule has 0 saturated carbocycles. The van der Waals surface area contributed by atoms with Crippen LogP contribution in [0.15, 0.2) is 42.5 Å². The number of amides is 2. The molecular formula is C18H18N2O5. The first-order chi connectivity index (χ1) is 12.2. The maximum Gasteiger partial charge on any atom is 0.276 e. The van der Waals surface area contributed by atoms with E-state index in [0.29, 0.717) is 22.8 Å². The number of hydrogen-bond acceptors (Lipinski definition) is 5. The summed E-state index contributed by atoms with van der Waals surface area (Å²) in [6.07, 6.45) is 0.884. The Labute approximate surface area is 144 Å². The monoisotopic (exact) mass is 342 g/mol. The Bertz CT molecular complexity index is 791. The van der Waals surface area contributed by atoms with Crippen LogP contribution < -0.4 is 25.1 Å². The molecule has 0 atom stereocenters. The van der Waals surface area contributed by atoms with Crippen LogP contribution in [0.1, 0.15) is 22.8 Å². The minimum Gasteiger partial charge on any atom is -0.484 e. The molecule has 0 aromatic heterocycles. The van der Waals surface area contributed by atoms with Crippen LogP contribution in [0.2, 0.25) is 0 Å². The smallest absolute Gasteiger partial charge is 0.276 e. The van der Waals surface area contributed by atoms with E-state index in [1.54, 1.807) is 24.3 Å². The van der Waals surface area contributed by atoms with Crippen molar-refractivity contribution < 1.29 is 23.8 Å². The van der Waals surface area contributed by atoms with Crippen LogP contribution in [0.5, 0.6) is 17.2 Å². The van der Waals surface area contributed by atoms with E-state index < -0.39 is 11.8 Å². The predicted molar refractivity (Wildman–Crippen MR) is 89.5 cm³/mol. The lowest BCUT2D eigenvalue weighted by molar-refractivity contribution is -0.123. The molecule has 7 heteroatoms. The summed E-state index contributed by atoms with van der Waals surface area (Å²) in [5.41, 5.74) is 6.11. The van der Waals surface area contributed by atoms with Crippen LogP contribution in [0.25, 0.3) is 0 Å². The summed E-state index contributed by atoms with van der Waals surface area (Å²) in [5, 5.41) is 0. The second kappa shape index (κ2) is 7.57. The third-order valence-corrected chi connectivity index (χ3v) is 3.63. The van der Waals surface area contributed by atoms with Gasteiger partial charge in [-0.25, -0.2) is 0 Å². The van der Waals surface area contributed by atoms with Gasteiger partial charge in [0.2, 0.25) is 6.79 Å². The average Bonchev–Trinajstić information content (AvgIpc) is 3.12. The molecule has 0 radical (unpaired) electrons. The Kier molecular flexibility index (Phi) is 5.03. The van der Waals surface area contributed by atoms with Gasteiger partial charge in [-0.2, -0.15) is 0 Å². The van der Waals surface area contributed by atoms with Gasteiger partial charge in [-0.15, -0.1) is 0 Å². The Balaban J connectivity index is 1.47. The Morgan fingerprint density at radius 1 is 1.08 bits per heavy atom. The molecule has 0 saturated heterocycles. The van der Waals surface area contributed by atoms with Gasteiger partial charge in [0.25, 0.3) is 11.8 Å². The molecule has 2 N–H and O–H groups in total. The van der Waals surface area contributed by atoms with Crippen LogP contribution in [0.4, 0.5) is 0 Å². The SMILES string of the molecule is CCc1cccc(OCC(=O)NNC(=O)c2ccc3c(c2)OCO3)c1. The van der Waals surface area contributed by atoms with Crippen molar-refractivity contribution in [1.82, 2.24) is 10.9 Å². The topological polar surface area (TPSA) is 85.9 Å². The molecule has 2 aromatic rings. The van der Waals surface area contributed by atoms with Gasteiger partial charge in [0.15, 0.2) is 18.1 Å². The lowest BCUT2D eigenvalue weighted by atomic mass is 10.2. The van der Waals surface area contributed by atoms with Crippen LogP contribution in [-0.4, -0.2) is 25.2 Å². The summed E-state index contributed by atoms with van der Waals surface area (Å²) >= 11 is 0. The quantitative estimate of drug-likeness (QED) is 0.810. The highest BCUT2D eigenvalue weighted by atomic mass is 16.7. The van der Waals surface area contributed by atoms with Gasteiger partial charge in [0.1, 0.15) is 5.75 Å². The number of carbonyl (C=O) groups is 2. The van der Waals surface area contributed by atoms with E-state index in [4.69, 9.17) is 14.2 Å². The second-order valence-corrected chi connectivity index (χ2v) is 5.36. The molecule has 2 aromatic carbocycles. The van der Waals surface area contributed by atoms with Crippen molar-refractivity contribution in [3.63, 3.8) is 0 Å². The molecule has 0 aliphatic carbocycles. The molecule has 1 heterocycles. The van der Waals surface area contributed by atoms with Gasteiger partial charge in [-0.1, -0.05) is 19.1 Å². The first kappa shape index (κ1) is 16.6. The molecule has 3 rings (SSSR count). The van der Waals surface area contributed by atoms with E-state index in [9.17, 15) is 9.59 Å². The molecular weight excluding hydrogens is 324 g/mol.